The van der Waals surface area contributed by atoms with Gasteiger partial charge in [-0.3, -0.25) is 0 Å². The average Bonchev–Trinajstić information content (AvgIpc) is 2.47. The lowest BCUT2D eigenvalue weighted by Gasteiger charge is -2.28. The van der Waals surface area contributed by atoms with E-state index in [0.717, 1.165) is 38.9 Å². The second-order valence-electron chi connectivity index (χ2n) is 4.93. The van der Waals surface area contributed by atoms with Gasteiger partial charge < -0.3 is 10.5 Å². The zero-order valence-corrected chi connectivity index (χ0v) is 10.0. The van der Waals surface area contributed by atoms with Crippen molar-refractivity contribution in [3.05, 3.63) is 35.4 Å². The molecule has 2 rings (SSSR count). The van der Waals surface area contributed by atoms with Crippen molar-refractivity contribution >= 4 is 0 Å². The largest absolute Gasteiger partial charge is 0.381 e. The Kier molecular flexibility index (Phi) is 3.62. The lowest BCUT2D eigenvalue weighted by Crippen LogP contribution is -2.42. The standard InChI is InChI=1S/C14H21NO/c1-12-5-2-3-6-13(12)11-14(15)7-4-9-16-10-8-14/h2-3,5-6H,4,7-11,15H2,1H3. The smallest absolute Gasteiger partial charge is 0.0483 e. The predicted octanol–water partition coefficient (Wildman–Crippen LogP) is 2.44. The van der Waals surface area contributed by atoms with Crippen LogP contribution < -0.4 is 5.73 Å². The van der Waals surface area contributed by atoms with Crippen molar-refractivity contribution < 1.29 is 4.74 Å². The van der Waals surface area contributed by atoms with E-state index in [1.54, 1.807) is 0 Å². The summed E-state index contributed by atoms with van der Waals surface area (Å²) in [5.41, 5.74) is 9.14. The fourth-order valence-corrected chi connectivity index (χ4v) is 2.39. The van der Waals surface area contributed by atoms with Gasteiger partial charge in [0.25, 0.3) is 0 Å². The highest BCUT2D eigenvalue weighted by molar-refractivity contribution is 5.27. The zero-order valence-electron chi connectivity index (χ0n) is 10.0. The molecule has 0 bridgehead atoms. The van der Waals surface area contributed by atoms with E-state index in [2.05, 4.69) is 31.2 Å². The van der Waals surface area contributed by atoms with Crippen molar-refractivity contribution in [2.24, 2.45) is 5.73 Å². The number of rotatable bonds is 2. The first kappa shape index (κ1) is 11.6. The summed E-state index contributed by atoms with van der Waals surface area (Å²) < 4.78 is 5.48. The minimum atomic E-state index is -0.0669. The summed E-state index contributed by atoms with van der Waals surface area (Å²) >= 11 is 0. The number of ether oxygens (including phenoxy) is 1. The molecule has 1 heterocycles. The number of nitrogens with two attached hydrogens (primary N) is 1. The second kappa shape index (κ2) is 4.98. The zero-order chi connectivity index (χ0) is 11.4. The second-order valence-corrected chi connectivity index (χ2v) is 4.93. The number of aryl methyl sites for hydroxylation is 1. The van der Waals surface area contributed by atoms with Crippen LogP contribution in [0.25, 0.3) is 0 Å². The molecule has 88 valence electrons. The van der Waals surface area contributed by atoms with Gasteiger partial charge in [0.2, 0.25) is 0 Å². The van der Waals surface area contributed by atoms with E-state index in [4.69, 9.17) is 10.5 Å². The fourth-order valence-electron chi connectivity index (χ4n) is 2.39. The average molecular weight is 219 g/mol. The third kappa shape index (κ3) is 2.83. The molecule has 1 atom stereocenters. The molecular formula is C14H21NO. The molecule has 0 spiro atoms. The molecule has 1 aliphatic rings. The molecular weight excluding hydrogens is 198 g/mol. The van der Waals surface area contributed by atoms with Gasteiger partial charge in [0.1, 0.15) is 0 Å². The Hall–Kier alpha value is -0.860. The van der Waals surface area contributed by atoms with Crippen LogP contribution in [0.5, 0.6) is 0 Å². The molecule has 2 N–H and O–H groups in total. The molecule has 0 amide bonds. The van der Waals surface area contributed by atoms with E-state index in [1.807, 2.05) is 0 Å². The minimum Gasteiger partial charge on any atom is -0.381 e. The Morgan fingerprint density at radius 2 is 2.06 bits per heavy atom. The Labute approximate surface area is 97.8 Å². The third-order valence-corrected chi connectivity index (χ3v) is 3.51. The summed E-state index contributed by atoms with van der Waals surface area (Å²) in [5, 5.41) is 0. The first-order valence-electron chi connectivity index (χ1n) is 6.11. The highest BCUT2D eigenvalue weighted by atomic mass is 16.5. The first-order valence-corrected chi connectivity index (χ1v) is 6.11. The van der Waals surface area contributed by atoms with Crippen LogP contribution in [0.3, 0.4) is 0 Å². The highest BCUT2D eigenvalue weighted by Gasteiger charge is 2.27. The molecule has 1 aromatic carbocycles. The van der Waals surface area contributed by atoms with Crippen molar-refractivity contribution in [1.29, 1.82) is 0 Å². The van der Waals surface area contributed by atoms with Crippen LogP contribution >= 0.6 is 0 Å². The SMILES string of the molecule is Cc1ccccc1CC1(N)CCCOCC1. The van der Waals surface area contributed by atoms with Gasteiger partial charge in [0.15, 0.2) is 0 Å². The van der Waals surface area contributed by atoms with Crippen LogP contribution in [0.1, 0.15) is 30.4 Å². The topological polar surface area (TPSA) is 35.2 Å². The number of benzene rings is 1. The van der Waals surface area contributed by atoms with Gasteiger partial charge in [-0.05, 0) is 43.7 Å². The van der Waals surface area contributed by atoms with Gasteiger partial charge >= 0.3 is 0 Å². The summed E-state index contributed by atoms with van der Waals surface area (Å²) in [4.78, 5) is 0. The number of hydrogen-bond donors (Lipinski definition) is 1. The lowest BCUT2D eigenvalue weighted by molar-refractivity contribution is 0.139. The highest BCUT2D eigenvalue weighted by Crippen LogP contribution is 2.24. The maximum absolute atomic E-state index is 6.48. The van der Waals surface area contributed by atoms with Crippen LogP contribution in [0.4, 0.5) is 0 Å². The summed E-state index contributed by atoms with van der Waals surface area (Å²) in [5.74, 6) is 0. The molecule has 0 radical (unpaired) electrons. The lowest BCUT2D eigenvalue weighted by atomic mass is 9.84. The van der Waals surface area contributed by atoms with Crippen LogP contribution in [-0.4, -0.2) is 18.8 Å². The van der Waals surface area contributed by atoms with Crippen molar-refractivity contribution in [3.63, 3.8) is 0 Å². The predicted molar refractivity (Wildman–Crippen MR) is 66.5 cm³/mol. The minimum absolute atomic E-state index is 0.0669. The Morgan fingerprint density at radius 1 is 1.25 bits per heavy atom. The van der Waals surface area contributed by atoms with E-state index in [0.29, 0.717) is 0 Å². The molecule has 1 aromatic rings. The molecule has 1 unspecified atom stereocenters. The Bertz CT molecular complexity index is 340. The van der Waals surface area contributed by atoms with Gasteiger partial charge in [0.05, 0.1) is 0 Å². The Balaban J connectivity index is 2.10. The molecule has 1 fully saturated rings. The van der Waals surface area contributed by atoms with Crippen molar-refractivity contribution in [2.75, 3.05) is 13.2 Å². The van der Waals surface area contributed by atoms with Gasteiger partial charge in [-0.25, -0.2) is 0 Å². The summed E-state index contributed by atoms with van der Waals surface area (Å²) in [7, 11) is 0. The quantitative estimate of drug-likeness (QED) is 0.829. The van der Waals surface area contributed by atoms with Gasteiger partial charge in [0, 0.05) is 18.8 Å². The summed E-state index contributed by atoms with van der Waals surface area (Å²) in [6, 6.07) is 8.53. The maximum Gasteiger partial charge on any atom is 0.0483 e. The van der Waals surface area contributed by atoms with Crippen molar-refractivity contribution in [3.8, 4) is 0 Å². The van der Waals surface area contributed by atoms with E-state index >= 15 is 0 Å². The van der Waals surface area contributed by atoms with E-state index in [-0.39, 0.29) is 5.54 Å². The molecule has 1 aliphatic heterocycles. The molecule has 2 heteroatoms. The van der Waals surface area contributed by atoms with Crippen molar-refractivity contribution in [1.82, 2.24) is 0 Å². The van der Waals surface area contributed by atoms with E-state index in [1.165, 1.54) is 11.1 Å². The summed E-state index contributed by atoms with van der Waals surface area (Å²) in [6.45, 7) is 3.83. The normalized spacial score (nSPS) is 26.4. The first-order chi connectivity index (χ1) is 7.70. The third-order valence-electron chi connectivity index (χ3n) is 3.51. The summed E-state index contributed by atoms with van der Waals surface area (Å²) in [6.07, 6.45) is 4.11. The maximum atomic E-state index is 6.48. The molecule has 0 aromatic heterocycles. The van der Waals surface area contributed by atoms with Crippen LogP contribution in [-0.2, 0) is 11.2 Å². The van der Waals surface area contributed by atoms with Gasteiger partial charge in [-0.15, -0.1) is 0 Å². The molecule has 2 nitrogen and oxygen atoms in total. The molecule has 0 saturated carbocycles. The van der Waals surface area contributed by atoms with Gasteiger partial charge in [-0.2, -0.15) is 0 Å². The molecule has 0 aliphatic carbocycles. The van der Waals surface area contributed by atoms with Gasteiger partial charge in [-0.1, -0.05) is 24.3 Å². The Morgan fingerprint density at radius 3 is 2.88 bits per heavy atom. The fraction of sp³-hybridized carbons (Fsp3) is 0.571. The van der Waals surface area contributed by atoms with Crippen LogP contribution in [0, 0.1) is 6.92 Å². The van der Waals surface area contributed by atoms with Crippen LogP contribution in [0.2, 0.25) is 0 Å². The molecule has 16 heavy (non-hydrogen) atoms. The number of hydrogen-bond acceptors (Lipinski definition) is 2. The van der Waals surface area contributed by atoms with E-state index in [9.17, 15) is 0 Å². The van der Waals surface area contributed by atoms with E-state index < -0.39 is 0 Å². The molecule has 1 saturated heterocycles. The monoisotopic (exact) mass is 219 g/mol. The van der Waals surface area contributed by atoms with Crippen LogP contribution in [0.15, 0.2) is 24.3 Å². The van der Waals surface area contributed by atoms with Crippen molar-refractivity contribution in [2.45, 2.75) is 38.1 Å².